The summed E-state index contributed by atoms with van der Waals surface area (Å²) < 4.78 is 1.70. The highest BCUT2D eigenvalue weighted by Crippen LogP contribution is 2.16. The molecule has 2 aromatic heterocycles. The monoisotopic (exact) mass is 339 g/mol. The van der Waals surface area contributed by atoms with Gasteiger partial charge in [0.2, 0.25) is 0 Å². The molecule has 1 aliphatic heterocycles. The number of carbonyl (C=O) groups excluding carboxylic acids is 1. The summed E-state index contributed by atoms with van der Waals surface area (Å²) in [5.74, 6) is -0.147. The molecule has 3 heterocycles. The van der Waals surface area contributed by atoms with Crippen molar-refractivity contribution in [1.29, 1.82) is 0 Å². The molecule has 23 heavy (non-hydrogen) atoms. The molecule has 0 aromatic carbocycles. The lowest BCUT2D eigenvalue weighted by molar-refractivity contribution is 0.0928. The summed E-state index contributed by atoms with van der Waals surface area (Å²) >= 11 is 0. The van der Waals surface area contributed by atoms with E-state index < -0.39 is 6.10 Å². The molecule has 3 rings (SSSR count). The Morgan fingerprint density at radius 2 is 2.17 bits per heavy atom. The van der Waals surface area contributed by atoms with Crippen molar-refractivity contribution in [3.05, 3.63) is 28.7 Å². The molecule has 3 N–H and O–H groups in total. The van der Waals surface area contributed by atoms with E-state index in [9.17, 15) is 9.90 Å². The van der Waals surface area contributed by atoms with Crippen LogP contribution in [0.3, 0.4) is 0 Å². The van der Waals surface area contributed by atoms with E-state index in [1.54, 1.807) is 4.52 Å². The van der Waals surface area contributed by atoms with Crippen LogP contribution in [0.4, 0.5) is 0 Å². The first kappa shape index (κ1) is 17.7. The van der Waals surface area contributed by atoms with Crippen molar-refractivity contribution in [3.63, 3.8) is 0 Å². The first-order valence-corrected chi connectivity index (χ1v) is 7.48. The number of rotatable bonds is 3. The van der Waals surface area contributed by atoms with E-state index in [1.165, 1.54) is 0 Å². The predicted octanol–water partition coefficient (Wildman–Crippen LogP) is 0.386. The third-order valence-electron chi connectivity index (χ3n) is 4.13. The summed E-state index contributed by atoms with van der Waals surface area (Å²) in [6, 6.07) is 1.93. The lowest BCUT2D eigenvalue weighted by atomic mass is 10.1. The van der Waals surface area contributed by atoms with Gasteiger partial charge in [0, 0.05) is 36.9 Å². The molecule has 2 unspecified atom stereocenters. The van der Waals surface area contributed by atoms with Crippen LogP contribution in [0.5, 0.6) is 0 Å². The van der Waals surface area contributed by atoms with E-state index in [1.807, 2.05) is 26.8 Å². The van der Waals surface area contributed by atoms with Gasteiger partial charge in [-0.3, -0.25) is 4.79 Å². The van der Waals surface area contributed by atoms with Crippen molar-refractivity contribution in [1.82, 2.24) is 25.2 Å². The molecule has 8 heteroatoms. The van der Waals surface area contributed by atoms with Crippen LogP contribution in [-0.2, 0) is 0 Å². The lowest BCUT2D eigenvalue weighted by Gasteiger charge is -2.13. The third kappa shape index (κ3) is 3.31. The quantitative estimate of drug-likeness (QED) is 0.752. The Labute approximate surface area is 140 Å². The average molecular weight is 340 g/mol. The number of fused-ring (bicyclic) bond motifs is 1. The highest BCUT2D eigenvalue weighted by Gasteiger charge is 2.26. The maximum absolute atomic E-state index is 12.5. The van der Waals surface area contributed by atoms with Gasteiger partial charge in [0.25, 0.3) is 5.91 Å². The van der Waals surface area contributed by atoms with Crippen LogP contribution in [0, 0.1) is 26.7 Å². The maximum Gasteiger partial charge on any atom is 0.257 e. The molecule has 0 spiro atoms. The Morgan fingerprint density at radius 3 is 2.83 bits per heavy atom. The van der Waals surface area contributed by atoms with Gasteiger partial charge < -0.3 is 15.7 Å². The van der Waals surface area contributed by atoms with E-state index in [0.717, 1.165) is 11.4 Å². The van der Waals surface area contributed by atoms with Crippen LogP contribution in [0.15, 0.2) is 6.07 Å². The summed E-state index contributed by atoms with van der Waals surface area (Å²) in [5.41, 5.74) is 3.54. The van der Waals surface area contributed by atoms with Gasteiger partial charge in [-0.1, -0.05) is 0 Å². The Bertz CT molecular complexity index is 730. The van der Waals surface area contributed by atoms with Crippen LogP contribution in [-0.4, -0.2) is 51.4 Å². The van der Waals surface area contributed by atoms with Gasteiger partial charge in [0.1, 0.15) is 5.56 Å². The number of halogens is 1. The van der Waals surface area contributed by atoms with Crippen molar-refractivity contribution >= 4 is 24.0 Å². The van der Waals surface area contributed by atoms with Gasteiger partial charge in [-0.05, 0) is 26.8 Å². The van der Waals surface area contributed by atoms with Gasteiger partial charge >= 0.3 is 0 Å². The van der Waals surface area contributed by atoms with Crippen molar-refractivity contribution < 1.29 is 9.90 Å². The third-order valence-corrected chi connectivity index (χ3v) is 4.13. The predicted molar refractivity (Wildman–Crippen MR) is 89.1 cm³/mol. The number of nitrogens with zero attached hydrogens (tertiary/aromatic N) is 3. The molecule has 1 fully saturated rings. The maximum atomic E-state index is 12.5. The number of hydrogen-bond donors (Lipinski definition) is 3. The first-order chi connectivity index (χ1) is 10.5. The fourth-order valence-electron chi connectivity index (χ4n) is 2.93. The summed E-state index contributed by atoms with van der Waals surface area (Å²) in [4.78, 5) is 17.0. The largest absolute Gasteiger partial charge is 0.391 e. The minimum Gasteiger partial charge on any atom is -0.391 e. The van der Waals surface area contributed by atoms with Gasteiger partial charge in [-0.2, -0.15) is 5.10 Å². The topological polar surface area (TPSA) is 91.6 Å². The molecule has 2 aromatic rings. The number of carbonyl (C=O) groups is 1. The summed E-state index contributed by atoms with van der Waals surface area (Å²) in [5, 5.41) is 20.2. The zero-order valence-corrected chi connectivity index (χ0v) is 14.3. The number of aliphatic hydroxyl groups is 1. The fourth-order valence-corrected chi connectivity index (χ4v) is 2.93. The second-order valence-corrected chi connectivity index (χ2v) is 5.93. The highest BCUT2D eigenvalue weighted by atomic mass is 35.5. The number of amides is 1. The van der Waals surface area contributed by atoms with E-state index in [0.29, 0.717) is 36.5 Å². The van der Waals surface area contributed by atoms with E-state index in [2.05, 4.69) is 20.7 Å². The summed E-state index contributed by atoms with van der Waals surface area (Å²) in [6.45, 7) is 7.38. The van der Waals surface area contributed by atoms with E-state index >= 15 is 0 Å². The Hall–Kier alpha value is -1.70. The Morgan fingerprint density at radius 1 is 1.43 bits per heavy atom. The van der Waals surface area contributed by atoms with Crippen LogP contribution in [0.2, 0.25) is 0 Å². The second-order valence-electron chi connectivity index (χ2n) is 5.93. The average Bonchev–Trinajstić information content (AvgIpc) is 2.99. The van der Waals surface area contributed by atoms with Crippen molar-refractivity contribution in [2.24, 2.45) is 5.92 Å². The molecule has 0 radical (unpaired) electrons. The zero-order chi connectivity index (χ0) is 15.9. The number of hydrogen-bond acceptors (Lipinski definition) is 5. The van der Waals surface area contributed by atoms with Crippen LogP contribution in [0.25, 0.3) is 5.65 Å². The molecule has 1 aliphatic rings. The van der Waals surface area contributed by atoms with Crippen molar-refractivity contribution in [2.75, 3.05) is 19.6 Å². The van der Waals surface area contributed by atoms with Crippen molar-refractivity contribution in [2.45, 2.75) is 26.9 Å². The minimum absolute atomic E-state index is 0. The summed E-state index contributed by atoms with van der Waals surface area (Å²) in [7, 11) is 0. The second kappa shape index (κ2) is 6.82. The Kier molecular flexibility index (Phi) is 5.23. The number of nitrogens with one attached hydrogen (secondary N) is 2. The number of aliphatic hydroxyl groups excluding tert-OH is 1. The summed E-state index contributed by atoms with van der Waals surface area (Å²) in [6.07, 6.45) is -0.409. The van der Waals surface area contributed by atoms with Gasteiger partial charge in [0.05, 0.1) is 11.8 Å². The Balaban J connectivity index is 0.00000192. The number of β-amino-alcohol motifs (C(OH)–C–C–N with tert-alkyl or cyclic N) is 1. The molecule has 0 bridgehead atoms. The molecular formula is C15H22ClN5O2. The lowest BCUT2D eigenvalue weighted by Crippen LogP contribution is -2.34. The molecule has 7 nitrogen and oxygen atoms in total. The SMILES string of the molecule is Cc1cc(C)n2nc(C)c(C(=O)NCC3CNCC3O)c2n1.Cl. The first-order valence-electron chi connectivity index (χ1n) is 7.48. The van der Waals surface area contributed by atoms with Crippen LogP contribution in [0.1, 0.15) is 27.4 Å². The highest BCUT2D eigenvalue weighted by molar-refractivity contribution is 6.01. The molecular weight excluding hydrogens is 318 g/mol. The van der Waals surface area contributed by atoms with Gasteiger partial charge in [0.15, 0.2) is 5.65 Å². The molecule has 1 saturated heterocycles. The van der Waals surface area contributed by atoms with Crippen LogP contribution < -0.4 is 10.6 Å². The van der Waals surface area contributed by atoms with Crippen LogP contribution >= 0.6 is 12.4 Å². The van der Waals surface area contributed by atoms with Gasteiger partial charge in [-0.15, -0.1) is 12.4 Å². The molecule has 2 atom stereocenters. The molecule has 1 amide bonds. The molecule has 0 saturated carbocycles. The minimum atomic E-state index is -0.409. The number of aromatic nitrogens is 3. The zero-order valence-electron chi connectivity index (χ0n) is 13.5. The number of aryl methyl sites for hydroxylation is 3. The molecule has 0 aliphatic carbocycles. The van der Waals surface area contributed by atoms with Crippen molar-refractivity contribution in [3.8, 4) is 0 Å². The molecule has 126 valence electrons. The smallest absolute Gasteiger partial charge is 0.257 e. The standard InChI is InChI=1S/C15H21N5O2.ClH/c1-8-4-9(2)20-14(18-8)13(10(3)19-20)15(22)17-6-11-5-16-7-12(11)21;/h4,11-12,16,21H,5-7H2,1-3H3,(H,17,22);1H. The normalized spacial score (nSPS) is 20.5. The van der Waals surface area contributed by atoms with E-state index in [-0.39, 0.29) is 24.2 Å². The van der Waals surface area contributed by atoms with Gasteiger partial charge in [-0.25, -0.2) is 9.50 Å². The van der Waals surface area contributed by atoms with E-state index in [4.69, 9.17) is 0 Å². The fraction of sp³-hybridized carbons (Fsp3) is 0.533.